The van der Waals surface area contributed by atoms with Gasteiger partial charge in [0.05, 0.1) is 25.4 Å². The summed E-state index contributed by atoms with van der Waals surface area (Å²) in [7, 11) is 0. The molecule has 1 fully saturated rings. The second-order valence-corrected chi connectivity index (χ2v) is 15.4. The van der Waals surface area contributed by atoms with Crippen molar-refractivity contribution in [3.8, 4) is 0 Å². The number of carbonyl (C=O) groups excluding carboxylic acids is 1. The fourth-order valence-corrected chi connectivity index (χ4v) is 6.52. The quantitative estimate of drug-likeness (QED) is 0.0193. The van der Waals surface area contributed by atoms with Crippen LogP contribution in [0.5, 0.6) is 0 Å². The molecule has 330 valence electrons. The van der Waals surface area contributed by atoms with Crippen LogP contribution in [0.1, 0.15) is 155 Å². The summed E-state index contributed by atoms with van der Waals surface area (Å²) in [5.41, 5.74) is 0. The number of carbonyl (C=O) groups is 1. The first kappa shape index (κ1) is 52.8. The molecule has 0 aromatic rings. The number of ether oxygens (including phenoxy) is 2. The average Bonchev–Trinajstić information content (AvgIpc) is 3.21. The maximum absolute atomic E-state index is 13.0. The third-order valence-corrected chi connectivity index (χ3v) is 10.3. The molecule has 9 atom stereocenters. The normalized spacial score (nSPS) is 22.7. The highest BCUT2D eigenvalue weighted by atomic mass is 16.7. The van der Waals surface area contributed by atoms with E-state index >= 15 is 0 Å². The Bertz CT molecular complexity index is 1110. The number of allylic oxidation sites excluding steroid dienone is 10. The molecule has 11 heteroatoms. The van der Waals surface area contributed by atoms with Crippen LogP contribution in [0.3, 0.4) is 0 Å². The van der Waals surface area contributed by atoms with Gasteiger partial charge in [-0.1, -0.05) is 126 Å². The highest BCUT2D eigenvalue weighted by Crippen LogP contribution is 2.23. The van der Waals surface area contributed by atoms with Crippen molar-refractivity contribution in [2.24, 2.45) is 0 Å². The van der Waals surface area contributed by atoms with Crippen molar-refractivity contribution in [2.75, 3.05) is 13.2 Å². The van der Waals surface area contributed by atoms with E-state index in [0.29, 0.717) is 19.3 Å². The number of amides is 1. The Morgan fingerprint density at radius 2 is 1.11 bits per heavy atom. The van der Waals surface area contributed by atoms with Gasteiger partial charge in [0.15, 0.2) is 6.29 Å². The third kappa shape index (κ3) is 25.8. The molecule has 1 aliphatic rings. The Kier molecular flexibility index (Phi) is 33.1. The first-order valence-corrected chi connectivity index (χ1v) is 22.2. The summed E-state index contributed by atoms with van der Waals surface area (Å²) in [5.74, 6) is -0.729. The van der Waals surface area contributed by atoms with E-state index < -0.39 is 74.2 Å². The monoisotopic (exact) mass is 808 g/mol. The summed E-state index contributed by atoms with van der Waals surface area (Å²) < 4.78 is 11.0. The molecule has 1 saturated heterocycles. The van der Waals surface area contributed by atoms with Gasteiger partial charge < -0.3 is 50.5 Å². The van der Waals surface area contributed by atoms with Gasteiger partial charge in [-0.3, -0.25) is 4.79 Å². The lowest BCUT2D eigenvalue weighted by molar-refractivity contribution is -0.303. The molecular weight excluding hydrogens is 727 g/mol. The first-order valence-electron chi connectivity index (χ1n) is 22.2. The lowest BCUT2D eigenvalue weighted by Crippen LogP contribution is -2.60. The summed E-state index contributed by atoms with van der Waals surface area (Å²) in [6.45, 7) is 3.32. The molecule has 1 heterocycles. The van der Waals surface area contributed by atoms with Crippen LogP contribution in [0.15, 0.2) is 60.8 Å². The molecule has 0 radical (unpaired) electrons. The van der Waals surface area contributed by atoms with Crippen LogP contribution >= 0.6 is 0 Å². The van der Waals surface area contributed by atoms with Crippen LogP contribution in [0.25, 0.3) is 0 Å². The van der Waals surface area contributed by atoms with Gasteiger partial charge in [-0.25, -0.2) is 0 Å². The smallest absolute Gasteiger partial charge is 0.249 e. The molecule has 0 aromatic heterocycles. The number of aliphatic hydroxyl groups is 7. The topological polar surface area (TPSA) is 189 Å². The van der Waals surface area contributed by atoms with E-state index in [2.05, 4.69) is 79.9 Å². The lowest BCUT2D eigenvalue weighted by Gasteiger charge is -2.40. The summed E-state index contributed by atoms with van der Waals surface area (Å²) >= 11 is 0. The van der Waals surface area contributed by atoms with Crippen molar-refractivity contribution in [1.82, 2.24) is 5.32 Å². The molecule has 57 heavy (non-hydrogen) atoms. The number of aliphatic hydroxyl groups excluding tert-OH is 7. The average molecular weight is 808 g/mol. The van der Waals surface area contributed by atoms with Gasteiger partial charge in [0.2, 0.25) is 5.91 Å². The molecule has 11 nitrogen and oxygen atoms in total. The van der Waals surface area contributed by atoms with Gasteiger partial charge in [-0.15, -0.1) is 0 Å². The number of hydrogen-bond acceptors (Lipinski definition) is 10. The van der Waals surface area contributed by atoms with Gasteiger partial charge in [0.1, 0.15) is 36.6 Å². The molecule has 0 aliphatic carbocycles. The van der Waals surface area contributed by atoms with Gasteiger partial charge in [-0.05, 0) is 89.9 Å². The van der Waals surface area contributed by atoms with Crippen molar-refractivity contribution in [3.05, 3.63) is 60.8 Å². The van der Waals surface area contributed by atoms with E-state index in [1.165, 1.54) is 38.5 Å². The van der Waals surface area contributed by atoms with Crippen LogP contribution in [-0.2, 0) is 14.3 Å². The summed E-state index contributed by atoms with van der Waals surface area (Å²) in [4.78, 5) is 13.0. The fraction of sp³-hybridized carbons (Fsp3) is 0.761. The molecule has 0 spiro atoms. The van der Waals surface area contributed by atoms with Crippen molar-refractivity contribution in [1.29, 1.82) is 0 Å². The highest BCUT2D eigenvalue weighted by molar-refractivity contribution is 5.80. The maximum Gasteiger partial charge on any atom is 0.249 e. The Morgan fingerprint density at radius 3 is 1.67 bits per heavy atom. The van der Waals surface area contributed by atoms with Crippen LogP contribution in [0, 0.1) is 0 Å². The summed E-state index contributed by atoms with van der Waals surface area (Å²) in [6.07, 6.45) is 31.2. The zero-order chi connectivity index (χ0) is 41.9. The number of unbranched alkanes of at least 4 members (excludes halogenated alkanes) is 14. The Labute approximate surface area is 344 Å². The van der Waals surface area contributed by atoms with Crippen molar-refractivity contribution in [2.45, 2.75) is 210 Å². The second kappa shape index (κ2) is 35.7. The zero-order valence-corrected chi connectivity index (χ0v) is 35.3. The Hall–Kier alpha value is -2.19. The second-order valence-electron chi connectivity index (χ2n) is 15.4. The number of nitrogens with one attached hydrogen (secondary N) is 1. The van der Waals surface area contributed by atoms with Crippen LogP contribution in [0.2, 0.25) is 0 Å². The van der Waals surface area contributed by atoms with E-state index in [1.807, 2.05) is 0 Å². The van der Waals surface area contributed by atoms with Gasteiger partial charge in [0.25, 0.3) is 0 Å². The lowest BCUT2D eigenvalue weighted by atomic mass is 9.98. The molecule has 1 amide bonds. The predicted octanol–water partition coefficient (Wildman–Crippen LogP) is 6.77. The number of hydrogen-bond donors (Lipinski definition) is 8. The van der Waals surface area contributed by atoms with E-state index in [0.717, 1.165) is 70.6 Å². The van der Waals surface area contributed by atoms with Crippen LogP contribution in [-0.4, -0.2) is 110 Å². The molecule has 0 bridgehead atoms. The molecular formula is C46H81NO10. The van der Waals surface area contributed by atoms with Crippen molar-refractivity contribution < 1.29 is 50.0 Å². The zero-order valence-electron chi connectivity index (χ0n) is 35.3. The largest absolute Gasteiger partial charge is 0.394 e. The van der Waals surface area contributed by atoms with Crippen molar-refractivity contribution in [3.63, 3.8) is 0 Å². The van der Waals surface area contributed by atoms with Crippen LogP contribution < -0.4 is 5.32 Å². The van der Waals surface area contributed by atoms with E-state index in [9.17, 15) is 40.5 Å². The number of rotatable bonds is 35. The molecule has 0 aromatic carbocycles. The van der Waals surface area contributed by atoms with E-state index in [-0.39, 0.29) is 12.8 Å². The molecule has 9 unspecified atom stereocenters. The Morgan fingerprint density at radius 1 is 0.614 bits per heavy atom. The minimum atomic E-state index is -1.68. The summed E-state index contributed by atoms with van der Waals surface area (Å²) in [5, 5.41) is 75.5. The molecule has 0 saturated carbocycles. The van der Waals surface area contributed by atoms with Gasteiger partial charge in [0, 0.05) is 0 Å². The van der Waals surface area contributed by atoms with E-state index in [1.54, 1.807) is 0 Å². The third-order valence-electron chi connectivity index (χ3n) is 10.3. The Balaban J connectivity index is 2.55. The van der Waals surface area contributed by atoms with Crippen molar-refractivity contribution >= 4 is 5.91 Å². The minimum Gasteiger partial charge on any atom is -0.394 e. The van der Waals surface area contributed by atoms with Gasteiger partial charge >= 0.3 is 0 Å². The molecule has 1 aliphatic heterocycles. The van der Waals surface area contributed by atoms with Crippen LogP contribution in [0.4, 0.5) is 0 Å². The highest BCUT2D eigenvalue weighted by Gasteiger charge is 2.44. The predicted molar refractivity (Wildman–Crippen MR) is 228 cm³/mol. The maximum atomic E-state index is 13.0. The molecule has 1 rings (SSSR count). The standard InChI is InChI=1S/C46H81NO10/c1-3-5-7-9-11-13-15-17-19-20-22-23-25-27-29-31-33-38(49)41(51)37(36-56-46-44(54)43(53)42(52)40(35-48)57-46)47-45(55)39(50)34-32-30-28-26-24-21-18-16-14-12-10-8-6-4-2/h11-14,16,18-20,25,27,37-44,46,48-54H,3-10,15,17,21-24,26,28-36H2,1-2H3,(H,47,55)/b13-11+,14-12-,18-16-,20-19+,27-25+. The molecule has 8 N–H and O–H groups in total. The van der Waals surface area contributed by atoms with Gasteiger partial charge in [-0.2, -0.15) is 0 Å². The first-order chi connectivity index (χ1) is 27.7. The fourth-order valence-electron chi connectivity index (χ4n) is 6.52. The van der Waals surface area contributed by atoms with E-state index in [4.69, 9.17) is 9.47 Å². The minimum absolute atomic E-state index is 0.228. The SMILES string of the molecule is CCCCC/C=C\C=C/CCCCCCCC(O)C(=O)NC(COC1OC(CO)C(O)C(O)C1O)C(O)C(O)CCC/C=C/CC/C=C/CC/C=C/CCCCC. The summed E-state index contributed by atoms with van der Waals surface area (Å²) in [6, 6.07) is -1.20.